The van der Waals surface area contributed by atoms with Crippen molar-refractivity contribution in [2.45, 2.75) is 0 Å². The Hall–Kier alpha value is -2.47. The van der Waals surface area contributed by atoms with Gasteiger partial charge in [0.05, 0.1) is 11.3 Å². The molecule has 0 unspecified atom stereocenters. The van der Waals surface area contributed by atoms with Crippen molar-refractivity contribution in [3.63, 3.8) is 0 Å². The van der Waals surface area contributed by atoms with Crippen molar-refractivity contribution in [3.8, 4) is 11.5 Å². The third kappa shape index (κ3) is 3.48. The summed E-state index contributed by atoms with van der Waals surface area (Å²) in [4.78, 5) is 12.1. The molecule has 23 heavy (non-hydrogen) atoms. The molecule has 0 saturated carbocycles. The summed E-state index contributed by atoms with van der Waals surface area (Å²) in [5.41, 5.74) is 7.35. The Labute approximate surface area is 142 Å². The Kier molecular flexibility index (Phi) is 4.52. The van der Waals surface area contributed by atoms with E-state index in [-0.39, 0.29) is 5.91 Å². The fourth-order valence-corrected chi connectivity index (χ4v) is 2.61. The third-order valence-corrected chi connectivity index (χ3v) is 4.03. The first-order valence-electron chi connectivity index (χ1n) is 7.05. The number of carbonyl (C=O) groups is 1. The molecule has 1 heterocycles. The molecule has 0 aromatic heterocycles. The Bertz CT molecular complexity index is 761. The molecule has 0 aliphatic carbocycles. The maximum Gasteiger partial charge on any atom is 0.270 e. The second-order valence-electron chi connectivity index (χ2n) is 4.90. The van der Waals surface area contributed by atoms with E-state index in [2.05, 4.69) is 33.4 Å². The van der Waals surface area contributed by atoms with Gasteiger partial charge in [-0.05, 0) is 46.3 Å². The van der Waals surface area contributed by atoms with Crippen LogP contribution in [0.3, 0.4) is 0 Å². The molecule has 5 nitrogen and oxygen atoms in total. The fraction of sp³-hybridized carbons (Fsp3) is 0.118. The summed E-state index contributed by atoms with van der Waals surface area (Å²) in [7, 11) is 0. The van der Waals surface area contributed by atoms with E-state index in [9.17, 15) is 4.79 Å². The molecule has 6 heteroatoms. The van der Waals surface area contributed by atoms with Gasteiger partial charge in [0.2, 0.25) is 0 Å². The average Bonchev–Trinajstić information content (AvgIpc) is 2.59. The molecule has 2 aromatic rings. The molecular formula is C17H15BrN2O3. The highest BCUT2D eigenvalue weighted by molar-refractivity contribution is 9.10. The lowest BCUT2D eigenvalue weighted by Crippen LogP contribution is -2.36. The molecular weight excluding hydrogens is 360 g/mol. The number of halogens is 1. The van der Waals surface area contributed by atoms with Crippen molar-refractivity contribution in [1.29, 1.82) is 0 Å². The zero-order valence-corrected chi connectivity index (χ0v) is 13.9. The molecule has 2 N–H and O–H groups in total. The molecule has 0 fully saturated rings. The summed E-state index contributed by atoms with van der Waals surface area (Å²) in [6.07, 6.45) is 0. The second kappa shape index (κ2) is 6.75. The maximum absolute atomic E-state index is 12.1. The predicted molar refractivity (Wildman–Crippen MR) is 91.2 cm³/mol. The van der Waals surface area contributed by atoms with Crippen LogP contribution in [0.5, 0.6) is 11.5 Å². The number of rotatable bonds is 4. The lowest BCUT2D eigenvalue weighted by Gasteiger charge is -2.19. The molecule has 0 radical (unpaired) electrons. The molecule has 1 aliphatic heterocycles. The normalized spacial score (nSPS) is 12.4. The van der Waals surface area contributed by atoms with Crippen molar-refractivity contribution >= 4 is 27.5 Å². The highest BCUT2D eigenvalue weighted by Crippen LogP contribution is 2.32. The van der Waals surface area contributed by atoms with Crippen LogP contribution in [0.15, 0.2) is 53.5 Å². The van der Waals surface area contributed by atoms with Crippen LogP contribution in [0.2, 0.25) is 0 Å². The van der Waals surface area contributed by atoms with Gasteiger partial charge in [0, 0.05) is 10.0 Å². The summed E-state index contributed by atoms with van der Waals surface area (Å²) in [5.74, 6) is 1.13. The zero-order valence-electron chi connectivity index (χ0n) is 12.3. The molecule has 0 spiro atoms. The van der Waals surface area contributed by atoms with Gasteiger partial charge in [0.1, 0.15) is 13.2 Å². The van der Waals surface area contributed by atoms with Crippen LogP contribution < -0.4 is 20.3 Å². The van der Waals surface area contributed by atoms with Gasteiger partial charge in [-0.2, -0.15) is 0 Å². The number of nitrogens with one attached hydrogen (secondary N) is 2. The quantitative estimate of drug-likeness (QED) is 0.807. The highest BCUT2D eigenvalue weighted by Gasteiger charge is 2.13. The summed E-state index contributed by atoms with van der Waals surface area (Å²) in [6.45, 7) is 5.00. The first-order chi connectivity index (χ1) is 11.1. The van der Waals surface area contributed by atoms with Crippen LogP contribution in [0, 0.1) is 0 Å². The SMILES string of the molecule is C=C(NNC(=O)c1ccccc1Br)c1ccc2c(c1)OCCO2. The van der Waals surface area contributed by atoms with Gasteiger partial charge in [-0.1, -0.05) is 18.7 Å². The van der Waals surface area contributed by atoms with Gasteiger partial charge < -0.3 is 9.47 Å². The summed E-state index contributed by atoms with van der Waals surface area (Å²) in [6, 6.07) is 12.7. The largest absolute Gasteiger partial charge is 0.486 e. The fourth-order valence-electron chi connectivity index (χ4n) is 2.15. The number of hydrogen-bond donors (Lipinski definition) is 2. The Morgan fingerprint density at radius 1 is 1.04 bits per heavy atom. The number of carbonyl (C=O) groups excluding carboxylic acids is 1. The standard InChI is InChI=1S/C17H15BrN2O3/c1-11(12-6-7-15-16(10-12)23-9-8-22-15)19-20-17(21)13-4-2-3-5-14(13)18/h2-7,10,19H,1,8-9H2,(H,20,21). The lowest BCUT2D eigenvalue weighted by molar-refractivity contribution is 0.0941. The summed E-state index contributed by atoms with van der Waals surface area (Å²) in [5, 5.41) is 0. The summed E-state index contributed by atoms with van der Waals surface area (Å²) < 4.78 is 11.7. The van der Waals surface area contributed by atoms with Gasteiger partial charge in [-0.3, -0.25) is 15.6 Å². The number of fused-ring (bicyclic) bond motifs is 1. The minimum atomic E-state index is -0.254. The van der Waals surface area contributed by atoms with Gasteiger partial charge in [0.15, 0.2) is 11.5 Å². The first-order valence-corrected chi connectivity index (χ1v) is 7.84. The molecule has 3 rings (SSSR count). The van der Waals surface area contributed by atoms with Gasteiger partial charge in [-0.15, -0.1) is 0 Å². The number of ether oxygens (including phenoxy) is 2. The second-order valence-corrected chi connectivity index (χ2v) is 5.75. The average molecular weight is 375 g/mol. The van der Waals surface area contributed by atoms with E-state index in [1.54, 1.807) is 12.1 Å². The van der Waals surface area contributed by atoms with Crippen molar-refractivity contribution in [3.05, 3.63) is 64.6 Å². The number of hydrogen-bond acceptors (Lipinski definition) is 4. The van der Waals surface area contributed by atoms with Crippen LogP contribution in [0.25, 0.3) is 5.70 Å². The molecule has 118 valence electrons. The van der Waals surface area contributed by atoms with Gasteiger partial charge in [-0.25, -0.2) is 0 Å². The van der Waals surface area contributed by atoms with E-state index in [0.717, 1.165) is 10.0 Å². The van der Waals surface area contributed by atoms with E-state index >= 15 is 0 Å². The third-order valence-electron chi connectivity index (χ3n) is 3.34. The number of hydrazine groups is 1. The first kappa shape index (κ1) is 15.4. The lowest BCUT2D eigenvalue weighted by atomic mass is 10.1. The molecule has 2 aromatic carbocycles. The minimum Gasteiger partial charge on any atom is -0.486 e. The van der Waals surface area contributed by atoms with E-state index in [1.165, 1.54) is 0 Å². The van der Waals surface area contributed by atoms with Crippen LogP contribution in [0.4, 0.5) is 0 Å². The Balaban J connectivity index is 1.66. The monoisotopic (exact) mass is 374 g/mol. The molecule has 0 saturated heterocycles. The van der Waals surface area contributed by atoms with E-state index in [1.807, 2.05) is 30.3 Å². The minimum absolute atomic E-state index is 0.254. The molecule has 1 aliphatic rings. The van der Waals surface area contributed by atoms with E-state index < -0.39 is 0 Å². The van der Waals surface area contributed by atoms with Gasteiger partial charge in [0.25, 0.3) is 5.91 Å². The topological polar surface area (TPSA) is 59.6 Å². The molecule has 0 atom stereocenters. The maximum atomic E-state index is 12.1. The summed E-state index contributed by atoms with van der Waals surface area (Å²) >= 11 is 3.35. The van der Waals surface area contributed by atoms with Crippen LogP contribution in [-0.2, 0) is 0 Å². The van der Waals surface area contributed by atoms with Crippen LogP contribution >= 0.6 is 15.9 Å². The van der Waals surface area contributed by atoms with Crippen molar-refractivity contribution in [2.24, 2.45) is 0 Å². The van der Waals surface area contributed by atoms with Crippen molar-refractivity contribution in [1.82, 2.24) is 10.9 Å². The van der Waals surface area contributed by atoms with E-state index in [0.29, 0.717) is 36.0 Å². The zero-order chi connectivity index (χ0) is 16.2. The number of amides is 1. The Morgan fingerprint density at radius 3 is 2.57 bits per heavy atom. The molecule has 1 amide bonds. The smallest absolute Gasteiger partial charge is 0.270 e. The van der Waals surface area contributed by atoms with E-state index in [4.69, 9.17) is 9.47 Å². The van der Waals surface area contributed by atoms with Crippen molar-refractivity contribution < 1.29 is 14.3 Å². The van der Waals surface area contributed by atoms with Crippen molar-refractivity contribution in [2.75, 3.05) is 13.2 Å². The Morgan fingerprint density at radius 2 is 1.78 bits per heavy atom. The number of benzene rings is 2. The molecule has 0 bridgehead atoms. The predicted octanol–water partition coefficient (Wildman–Crippen LogP) is 3.13. The van der Waals surface area contributed by atoms with Crippen LogP contribution in [-0.4, -0.2) is 19.1 Å². The highest BCUT2D eigenvalue weighted by atomic mass is 79.9. The van der Waals surface area contributed by atoms with Gasteiger partial charge >= 0.3 is 0 Å². The van der Waals surface area contributed by atoms with Crippen LogP contribution in [0.1, 0.15) is 15.9 Å².